The third-order valence-corrected chi connectivity index (χ3v) is 7.54. The van der Waals surface area contributed by atoms with Crippen molar-refractivity contribution in [2.24, 2.45) is 17.3 Å². The number of piperidine rings is 1. The molecule has 0 unspecified atom stereocenters. The third-order valence-electron chi connectivity index (χ3n) is 7.54. The van der Waals surface area contributed by atoms with E-state index in [0.717, 1.165) is 12.5 Å². The zero-order valence-electron chi connectivity index (χ0n) is 18.9. The Morgan fingerprint density at radius 1 is 0.929 bits per heavy atom. The van der Waals surface area contributed by atoms with E-state index in [1.807, 2.05) is 13.8 Å². The molecule has 0 radical (unpaired) electrons. The van der Waals surface area contributed by atoms with E-state index in [1.165, 1.54) is 84.5 Å². The van der Waals surface area contributed by atoms with Crippen molar-refractivity contribution in [3.8, 4) is 0 Å². The highest BCUT2D eigenvalue weighted by molar-refractivity contribution is 5.77. The summed E-state index contributed by atoms with van der Waals surface area (Å²) in [6.07, 6.45) is 6.72. The van der Waals surface area contributed by atoms with Gasteiger partial charge in [0.2, 0.25) is 5.91 Å². The Balaban J connectivity index is 1.24. The van der Waals surface area contributed by atoms with Gasteiger partial charge in [0, 0.05) is 44.7 Å². The molecule has 5 nitrogen and oxygen atoms in total. The van der Waals surface area contributed by atoms with Crippen LogP contribution in [-0.2, 0) is 4.79 Å². The first kappa shape index (κ1) is 22.0. The number of nitrogens with zero attached hydrogens (tertiary/aromatic N) is 3. The van der Waals surface area contributed by atoms with Crippen molar-refractivity contribution in [3.63, 3.8) is 0 Å². The standard InChI is InChI=1S/C23H44N4O/c1-19(2)22(28)24-18-21-16-23(17-21)6-10-25(11-7-23)8-5-9-26-12-14-27(15-13-26)20(3)4/h19-21H,5-18H2,1-4H3,(H,24,28). The molecule has 1 amide bonds. The zero-order valence-corrected chi connectivity index (χ0v) is 18.9. The quantitative estimate of drug-likeness (QED) is 0.689. The highest BCUT2D eigenvalue weighted by atomic mass is 16.1. The van der Waals surface area contributed by atoms with Crippen LogP contribution in [0.4, 0.5) is 0 Å². The molecule has 0 atom stereocenters. The number of hydrogen-bond acceptors (Lipinski definition) is 4. The van der Waals surface area contributed by atoms with E-state index in [4.69, 9.17) is 0 Å². The smallest absolute Gasteiger partial charge is 0.222 e. The molecule has 2 aliphatic heterocycles. The van der Waals surface area contributed by atoms with Gasteiger partial charge in [-0.25, -0.2) is 0 Å². The summed E-state index contributed by atoms with van der Waals surface area (Å²) in [7, 11) is 0. The molecule has 3 aliphatic rings. The Bertz CT molecular complexity index is 483. The lowest BCUT2D eigenvalue weighted by molar-refractivity contribution is -0.124. The molecule has 28 heavy (non-hydrogen) atoms. The van der Waals surface area contributed by atoms with Crippen molar-refractivity contribution in [1.82, 2.24) is 20.0 Å². The number of rotatable bonds is 8. The summed E-state index contributed by atoms with van der Waals surface area (Å²) in [5.74, 6) is 1.04. The van der Waals surface area contributed by atoms with E-state index in [1.54, 1.807) is 0 Å². The van der Waals surface area contributed by atoms with Crippen molar-refractivity contribution >= 4 is 5.91 Å². The van der Waals surface area contributed by atoms with Crippen LogP contribution < -0.4 is 5.32 Å². The van der Waals surface area contributed by atoms with Gasteiger partial charge < -0.3 is 15.1 Å². The fourth-order valence-corrected chi connectivity index (χ4v) is 5.44. The van der Waals surface area contributed by atoms with Crippen LogP contribution in [0.5, 0.6) is 0 Å². The van der Waals surface area contributed by atoms with E-state index in [0.29, 0.717) is 11.5 Å². The first-order valence-corrected chi connectivity index (χ1v) is 11.8. The molecule has 1 saturated carbocycles. The van der Waals surface area contributed by atoms with E-state index in [-0.39, 0.29) is 11.8 Å². The van der Waals surface area contributed by atoms with Gasteiger partial charge in [0.15, 0.2) is 0 Å². The minimum absolute atomic E-state index is 0.108. The lowest BCUT2D eigenvalue weighted by Gasteiger charge is -2.52. The predicted octanol–water partition coefficient (Wildman–Crippen LogP) is 2.67. The molecule has 0 aromatic heterocycles. The van der Waals surface area contributed by atoms with Crippen LogP contribution in [0.15, 0.2) is 0 Å². The van der Waals surface area contributed by atoms with Crippen LogP contribution in [0, 0.1) is 17.3 Å². The van der Waals surface area contributed by atoms with Crippen molar-refractivity contribution in [2.45, 2.75) is 65.8 Å². The Labute approximate surface area is 173 Å². The summed E-state index contributed by atoms with van der Waals surface area (Å²) in [5, 5.41) is 3.13. The molecule has 3 rings (SSSR count). The van der Waals surface area contributed by atoms with Crippen molar-refractivity contribution < 1.29 is 4.79 Å². The highest BCUT2D eigenvalue weighted by Gasteiger charge is 2.45. The van der Waals surface area contributed by atoms with Crippen LogP contribution in [0.1, 0.15) is 59.8 Å². The van der Waals surface area contributed by atoms with Gasteiger partial charge in [0.25, 0.3) is 0 Å². The molecular formula is C23H44N4O. The minimum atomic E-state index is 0.108. The summed E-state index contributed by atoms with van der Waals surface area (Å²) in [5.41, 5.74) is 0.608. The van der Waals surface area contributed by atoms with Gasteiger partial charge >= 0.3 is 0 Å². The van der Waals surface area contributed by atoms with Gasteiger partial charge in [-0.1, -0.05) is 13.8 Å². The average Bonchev–Trinajstić information content (AvgIpc) is 2.65. The third kappa shape index (κ3) is 5.93. The van der Waals surface area contributed by atoms with Gasteiger partial charge in [0.05, 0.1) is 0 Å². The molecule has 5 heteroatoms. The maximum absolute atomic E-state index is 11.7. The van der Waals surface area contributed by atoms with Crippen molar-refractivity contribution in [3.05, 3.63) is 0 Å². The SMILES string of the molecule is CC(C)C(=O)NCC1CC2(CCN(CCCN3CCN(C(C)C)CC3)CC2)C1. The van der Waals surface area contributed by atoms with E-state index in [9.17, 15) is 4.79 Å². The molecular weight excluding hydrogens is 348 g/mol. The number of carbonyl (C=O) groups is 1. The lowest BCUT2D eigenvalue weighted by atomic mass is 9.57. The topological polar surface area (TPSA) is 38.8 Å². The summed E-state index contributed by atoms with van der Waals surface area (Å²) < 4.78 is 0. The van der Waals surface area contributed by atoms with Gasteiger partial charge in [-0.15, -0.1) is 0 Å². The number of nitrogens with one attached hydrogen (secondary N) is 1. The second-order valence-corrected chi connectivity index (χ2v) is 10.3. The largest absolute Gasteiger partial charge is 0.356 e. The molecule has 162 valence electrons. The van der Waals surface area contributed by atoms with Gasteiger partial charge in [0.1, 0.15) is 0 Å². The Morgan fingerprint density at radius 2 is 1.50 bits per heavy atom. The number of piperazine rings is 1. The van der Waals surface area contributed by atoms with E-state index >= 15 is 0 Å². The molecule has 2 saturated heterocycles. The summed E-state index contributed by atoms with van der Waals surface area (Å²) in [6, 6.07) is 0.695. The lowest BCUT2D eigenvalue weighted by Crippen LogP contribution is -2.50. The molecule has 2 heterocycles. The maximum atomic E-state index is 11.7. The molecule has 3 fully saturated rings. The van der Waals surface area contributed by atoms with E-state index in [2.05, 4.69) is 33.9 Å². The van der Waals surface area contributed by atoms with Crippen molar-refractivity contribution in [1.29, 1.82) is 0 Å². The van der Waals surface area contributed by atoms with Gasteiger partial charge in [-0.3, -0.25) is 9.69 Å². The van der Waals surface area contributed by atoms with Gasteiger partial charge in [-0.2, -0.15) is 0 Å². The van der Waals surface area contributed by atoms with Crippen LogP contribution in [0.3, 0.4) is 0 Å². The van der Waals surface area contributed by atoms with Crippen LogP contribution in [0.25, 0.3) is 0 Å². The monoisotopic (exact) mass is 392 g/mol. The minimum Gasteiger partial charge on any atom is -0.356 e. The molecule has 0 bridgehead atoms. The number of likely N-dealkylation sites (tertiary alicyclic amines) is 1. The van der Waals surface area contributed by atoms with Crippen LogP contribution in [-0.4, -0.2) is 85.6 Å². The summed E-state index contributed by atoms with van der Waals surface area (Å²) in [6.45, 7) is 19.5. The molecule has 1 N–H and O–H groups in total. The average molecular weight is 393 g/mol. The van der Waals surface area contributed by atoms with Crippen LogP contribution in [0.2, 0.25) is 0 Å². The van der Waals surface area contributed by atoms with E-state index < -0.39 is 0 Å². The predicted molar refractivity (Wildman–Crippen MR) is 116 cm³/mol. The number of amides is 1. The molecule has 1 aliphatic carbocycles. The highest BCUT2D eigenvalue weighted by Crippen LogP contribution is 2.52. The number of carbonyl (C=O) groups excluding carboxylic acids is 1. The summed E-state index contributed by atoms with van der Waals surface area (Å²) >= 11 is 0. The van der Waals surface area contributed by atoms with Gasteiger partial charge in [-0.05, 0) is 83.5 Å². The molecule has 0 aromatic carbocycles. The second-order valence-electron chi connectivity index (χ2n) is 10.3. The van der Waals surface area contributed by atoms with Crippen molar-refractivity contribution in [2.75, 3.05) is 58.9 Å². The molecule has 1 spiro atoms. The fraction of sp³-hybridized carbons (Fsp3) is 0.957. The Hall–Kier alpha value is -0.650. The molecule has 0 aromatic rings. The zero-order chi connectivity index (χ0) is 20.1. The second kappa shape index (κ2) is 9.90. The first-order valence-electron chi connectivity index (χ1n) is 11.8. The normalized spacial score (nSPS) is 24.8. The summed E-state index contributed by atoms with van der Waals surface area (Å²) in [4.78, 5) is 19.7. The first-order chi connectivity index (χ1) is 13.4. The fourth-order valence-electron chi connectivity index (χ4n) is 5.44. The van der Waals surface area contributed by atoms with Crippen LogP contribution >= 0.6 is 0 Å². The Kier molecular flexibility index (Phi) is 7.80. The number of hydrogen-bond donors (Lipinski definition) is 1. The Morgan fingerprint density at radius 3 is 2.04 bits per heavy atom. The maximum Gasteiger partial charge on any atom is 0.222 e.